The highest BCUT2D eigenvalue weighted by Crippen LogP contribution is 2.23. The molecule has 0 bridgehead atoms. The van der Waals surface area contributed by atoms with Gasteiger partial charge in [-0.25, -0.2) is 0 Å². The van der Waals surface area contributed by atoms with Crippen molar-refractivity contribution in [2.75, 3.05) is 26.3 Å². The summed E-state index contributed by atoms with van der Waals surface area (Å²) in [5.41, 5.74) is 1.25. The molecule has 2 aromatic rings. The van der Waals surface area contributed by atoms with Gasteiger partial charge in [0, 0.05) is 24.8 Å². The van der Waals surface area contributed by atoms with Gasteiger partial charge >= 0.3 is 0 Å². The van der Waals surface area contributed by atoms with Crippen molar-refractivity contribution >= 4 is 5.91 Å². The summed E-state index contributed by atoms with van der Waals surface area (Å²) >= 11 is 0. The first-order valence-electron chi connectivity index (χ1n) is 8.63. The number of rotatable bonds is 3. The summed E-state index contributed by atoms with van der Waals surface area (Å²) in [7, 11) is 0. The van der Waals surface area contributed by atoms with Crippen molar-refractivity contribution in [1.29, 1.82) is 0 Å². The Bertz CT molecular complexity index is 759. The van der Waals surface area contributed by atoms with Gasteiger partial charge in [0.2, 0.25) is 0 Å². The number of ether oxygens (including phenoxy) is 3. The molecule has 0 spiro atoms. The first-order chi connectivity index (χ1) is 12.6. The Kier molecular flexibility index (Phi) is 4.60. The average molecular weight is 359 g/mol. The van der Waals surface area contributed by atoms with Crippen LogP contribution in [0.25, 0.3) is 0 Å². The zero-order chi connectivity index (χ0) is 18.1. The fraction of sp³-hybridized carbons (Fsp3) is 0.500. The maximum Gasteiger partial charge on any atom is 0.276 e. The monoisotopic (exact) mass is 359 g/mol. The van der Waals surface area contributed by atoms with E-state index in [1.165, 1.54) is 0 Å². The number of amides is 1. The van der Waals surface area contributed by atoms with Crippen molar-refractivity contribution in [2.24, 2.45) is 0 Å². The predicted molar refractivity (Wildman–Crippen MR) is 90.0 cm³/mol. The quantitative estimate of drug-likeness (QED) is 0.818. The third-order valence-electron chi connectivity index (χ3n) is 4.53. The molecule has 2 aromatic heterocycles. The molecule has 2 fully saturated rings. The number of likely N-dealkylation sites (tertiary alicyclic amines) is 1. The Morgan fingerprint density at radius 3 is 2.50 bits per heavy atom. The predicted octanol–water partition coefficient (Wildman–Crippen LogP) is 1.37. The van der Waals surface area contributed by atoms with E-state index in [0.29, 0.717) is 43.5 Å². The second-order valence-corrected chi connectivity index (χ2v) is 6.65. The number of fused-ring (bicyclic) bond motifs is 1. The maximum absolute atomic E-state index is 12.5. The smallest absolute Gasteiger partial charge is 0.276 e. The van der Waals surface area contributed by atoms with Crippen LogP contribution in [-0.2, 0) is 9.47 Å². The molecule has 2 aliphatic heterocycles. The average Bonchev–Trinajstić information content (AvgIpc) is 3.20. The summed E-state index contributed by atoms with van der Waals surface area (Å²) in [6.07, 6.45) is 1.15. The van der Waals surface area contributed by atoms with Crippen molar-refractivity contribution in [2.45, 2.75) is 32.2 Å². The molecule has 0 radical (unpaired) electrons. The van der Waals surface area contributed by atoms with Crippen molar-refractivity contribution in [3.63, 3.8) is 0 Å². The number of carbonyl (C=O) groups is 1. The number of hydrogen-bond donors (Lipinski definition) is 0. The molecule has 2 saturated heterocycles. The van der Waals surface area contributed by atoms with Gasteiger partial charge in [0.1, 0.15) is 29.8 Å². The van der Waals surface area contributed by atoms with Gasteiger partial charge in [-0.15, -0.1) is 0 Å². The molecule has 0 unspecified atom stereocenters. The summed E-state index contributed by atoms with van der Waals surface area (Å²) in [5.74, 6) is 1.14. The highest BCUT2D eigenvalue weighted by Gasteiger charge is 2.40. The lowest BCUT2D eigenvalue weighted by Crippen LogP contribution is -2.33. The van der Waals surface area contributed by atoms with Crippen LogP contribution in [0.1, 0.15) is 21.9 Å². The Labute approximate surface area is 151 Å². The van der Waals surface area contributed by atoms with Gasteiger partial charge in [-0.2, -0.15) is 0 Å². The molecule has 1 amide bonds. The fourth-order valence-electron chi connectivity index (χ4n) is 3.15. The molecule has 0 saturated carbocycles. The van der Waals surface area contributed by atoms with Crippen LogP contribution in [0.5, 0.6) is 5.75 Å². The van der Waals surface area contributed by atoms with Crippen molar-refractivity contribution in [1.82, 2.24) is 15.0 Å². The minimum absolute atomic E-state index is 0.166. The van der Waals surface area contributed by atoms with E-state index in [0.717, 1.165) is 5.69 Å². The number of aryl methyl sites for hydroxylation is 2. The highest BCUT2D eigenvalue weighted by atomic mass is 16.6. The van der Waals surface area contributed by atoms with Gasteiger partial charge in [0.15, 0.2) is 5.69 Å². The van der Waals surface area contributed by atoms with E-state index in [1.54, 1.807) is 24.1 Å². The van der Waals surface area contributed by atoms with E-state index in [1.807, 2.05) is 19.1 Å². The lowest BCUT2D eigenvalue weighted by molar-refractivity contribution is -0.00461. The summed E-state index contributed by atoms with van der Waals surface area (Å²) in [4.78, 5) is 18.4. The third-order valence-corrected chi connectivity index (χ3v) is 4.53. The van der Waals surface area contributed by atoms with E-state index in [-0.39, 0.29) is 24.2 Å². The lowest BCUT2D eigenvalue weighted by atomic mass is 10.3. The molecular formula is C18H21N3O5. The summed E-state index contributed by atoms with van der Waals surface area (Å²) in [6, 6.07) is 5.42. The third kappa shape index (κ3) is 3.56. The molecule has 8 heteroatoms. The summed E-state index contributed by atoms with van der Waals surface area (Å²) < 4.78 is 22.8. The minimum Gasteiger partial charge on any atom is -0.484 e. The van der Waals surface area contributed by atoms with Crippen LogP contribution in [0, 0.1) is 13.8 Å². The molecule has 4 rings (SSSR count). The van der Waals surface area contributed by atoms with Crippen molar-refractivity contribution in [3.05, 3.63) is 41.5 Å². The molecule has 2 aliphatic rings. The first kappa shape index (κ1) is 17.0. The normalized spacial score (nSPS) is 23.5. The highest BCUT2D eigenvalue weighted by molar-refractivity contribution is 5.92. The van der Waals surface area contributed by atoms with E-state index in [2.05, 4.69) is 10.1 Å². The lowest BCUT2D eigenvalue weighted by Gasteiger charge is -2.19. The molecule has 138 valence electrons. The van der Waals surface area contributed by atoms with Gasteiger partial charge < -0.3 is 23.6 Å². The second-order valence-electron chi connectivity index (χ2n) is 6.65. The van der Waals surface area contributed by atoms with E-state index in [9.17, 15) is 4.79 Å². The molecule has 0 N–H and O–H groups in total. The molecule has 0 aliphatic carbocycles. The van der Waals surface area contributed by atoms with Gasteiger partial charge in [0.25, 0.3) is 5.91 Å². The Morgan fingerprint density at radius 1 is 1.19 bits per heavy atom. The van der Waals surface area contributed by atoms with Crippen molar-refractivity contribution in [3.8, 4) is 5.75 Å². The molecular weight excluding hydrogens is 338 g/mol. The van der Waals surface area contributed by atoms with Crippen LogP contribution in [0.3, 0.4) is 0 Å². The number of nitrogens with zero attached hydrogens (tertiary/aromatic N) is 3. The van der Waals surface area contributed by atoms with E-state index < -0.39 is 0 Å². The number of pyridine rings is 1. The van der Waals surface area contributed by atoms with Crippen LogP contribution in [-0.4, -0.2) is 65.6 Å². The Hall–Kier alpha value is -2.45. The van der Waals surface area contributed by atoms with Crippen molar-refractivity contribution < 1.29 is 23.5 Å². The molecule has 2 atom stereocenters. The zero-order valence-electron chi connectivity index (χ0n) is 14.8. The molecule has 8 nitrogen and oxygen atoms in total. The largest absolute Gasteiger partial charge is 0.484 e. The Morgan fingerprint density at radius 2 is 1.92 bits per heavy atom. The van der Waals surface area contributed by atoms with Crippen LogP contribution < -0.4 is 4.74 Å². The van der Waals surface area contributed by atoms with Gasteiger partial charge in [-0.3, -0.25) is 9.78 Å². The summed E-state index contributed by atoms with van der Waals surface area (Å²) in [6.45, 7) is 5.42. The van der Waals surface area contributed by atoms with Gasteiger partial charge in [-0.1, -0.05) is 5.16 Å². The SMILES string of the molecule is Cc1ccc(OC2CO[C@H]3CN(C(=O)c4cc(C)on4)C[C@@H]3OC2)cn1. The van der Waals surface area contributed by atoms with Crippen LogP contribution >= 0.6 is 0 Å². The summed E-state index contributed by atoms with van der Waals surface area (Å²) in [5, 5.41) is 3.79. The van der Waals surface area contributed by atoms with Crippen LogP contribution in [0.4, 0.5) is 0 Å². The first-order valence-corrected chi connectivity index (χ1v) is 8.63. The molecule has 26 heavy (non-hydrogen) atoms. The fourth-order valence-corrected chi connectivity index (χ4v) is 3.15. The number of hydrogen-bond acceptors (Lipinski definition) is 7. The topological polar surface area (TPSA) is 86.9 Å². The van der Waals surface area contributed by atoms with Gasteiger partial charge in [0.05, 0.1) is 19.4 Å². The Balaban J connectivity index is 1.34. The van der Waals surface area contributed by atoms with Crippen LogP contribution in [0.2, 0.25) is 0 Å². The number of carbonyl (C=O) groups excluding carboxylic acids is 1. The molecule has 0 aromatic carbocycles. The van der Waals surface area contributed by atoms with Gasteiger partial charge in [-0.05, 0) is 26.0 Å². The second kappa shape index (κ2) is 7.05. The van der Waals surface area contributed by atoms with E-state index >= 15 is 0 Å². The minimum atomic E-state index is -0.201. The molecule has 4 heterocycles. The maximum atomic E-state index is 12.5. The zero-order valence-corrected chi connectivity index (χ0v) is 14.8. The standard InChI is InChI=1S/C18H21N3O5/c1-11-3-4-13(6-19-11)25-14-9-23-16-7-21(8-17(16)24-10-14)18(22)15-5-12(2)26-20-15/h3-6,14,16-17H,7-10H2,1-2H3/t16-,17-/m0/s1. The van der Waals surface area contributed by atoms with E-state index in [4.69, 9.17) is 18.7 Å². The van der Waals surface area contributed by atoms with Crippen LogP contribution in [0.15, 0.2) is 28.9 Å². The number of aromatic nitrogens is 2.